The number of furan rings is 1. The molecule has 1 aromatic carbocycles. The number of rotatable bonds is 8. The van der Waals surface area contributed by atoms with E-state index in [0.29, 0.717) is 6.54 Å². The van der Waals surface area contributed by atoms with Crippen LogP contribution in [0.3, 0.4) is 0 Å². The fourth-order valence-electron chi connectivity index (χ4n) is 2.56. The van der Waals surface area contributed by atoms with E-state index in [9.17, 15) is 0 Å². The highest BCUT2D eigenvalue weighted by molar-refractivity contribution is 7.11. The van der Waals surface area contributed by atoms with Crippen LogP contribution >= 0.6 is 11.3 Å². The molecule has 0 fully saturated rings. The largest absolute Gasteiger partial charge is 0.491 e. The van der Waals surface area contributed by atoms with Gasteiger partial charge in [0, 0.05) is 29.7 Å². The number of nitrogens with zero attached hydrogens (tertiary/aromatic N) is 2. The summed E-state index contributed by atoms with van der Waals surface area (Å²) in [6, 6.07) is 11.7. The minimum absolute atomic E-state index is 0.155. The fraction of sp³-hybridized carbons (Fsp3) is 0.333. The molecule has 0 aliphatic rings. The van der Waals surface area contributed by atoms with Crippen molar-refractivity contribution >= 4 is 23.0 Å². The van der Waals surface area contributed by atoms with Gasteiger partial charge >= 0.3 is 0 Å². The maximum atomic E-state index is 5.70. The number of benzene rings is 1. The molecule has 0 unspecified atom stereocenters. The standard InChI is InChI=1S/C21H26N4O2S/c1-15(2)27-19-8-6-17(7-9-19)25-21(22-11-10-18-5-4-12-26-18)24-14-20-13-23-16(3)28-20/h4-9,12-13,15H,10-11,14H2,1-3H3,(H2,22,24,25). The van der Waals surface area contributed by atoms with E-state index in [2.05, 4.69) is 15.6 Å². The van der Waals surface area contributed by atoms with E-state index in [-0.39, 0.29) is 6.10 Å². The summed E-state index contributed by atoms with van der Waals surface area (Å²) in [5.41, 5.74) is 0.945. The average molecular weight is 399 g/mol. The van der Waals surface area contributed by atoms with Crippen molar-refractivity contribution < 1.29 is 9.15 Å². The van der Waals surface area contributed by atoms with Crippen molar-refractivity contribution in [1.29, 1.82) is 0 Å². The number of nitrogens with one attached hydrogen (secondary N) is 2. The topological polar surface area (TPSA) is 71.7 Å². The van der Waals surface area contributed by atoms with Gasteiger partial charge in [-0.25, -0.2) is 9.98 Å². The molecule has 7 heteroatoms. The second kappa shape index (κ2) is 9.94. The van der Waals surface area contributed by atoms with Gasteiger partial charge in [0.15, 0.2) is 5.96 Å². The minimum atomic E-state index is 0.155. The first-order valence-corrected chi connectivity index (χ1v) is 10.2. The van der Waals surface area contributed by atoms with E-state index >= 15 is 0 Å². The third kappa shape index (κ3) is 6.42. The van der Waals surface area contributed by atoms with Crippen molar-refractivity contribution in [2.45, 2.75) is 39.8 Å². The highest BCUT2D eigenvalue weighted by Crippen LogP contribution is 2.17. The lowest BCUT2D eigenvalue weighted by atomic mass is 10.3. The SMILES string of the molecule is Cc1ncc(CN=C(NCCc2ccco2)Nc2ccc(OC(C)C)cc2)s1. The van der Waals surface area contributed by atoms with Gasteiger partial charge in [-0.05, 0) is 57.2 Å². The molecule has 2 N–H and O–H groups in total. The molecule has 148 valence electrons. The Labute approximate surface area is 169 Å². The smallest absolute Gasteiger partial charge is 0.196 e. The highest BCUT2D eigenvalue weighted by atomic mass is 32.1. The summed E-state index contributed by atoms with van der Waals surface area (Å²) in [4.78, 5) is 10.1. The van der Waals surface area contributed by atoms with Crippen LogP contribution in [0.15, 0.2) is 58.3 Å². The molecule has 0 bridgehead atoms. The predicted octanol–water partition coefficient (Wildman–Crippen LogP) is 4.63. The van der Waals surface area contributed by atoms with Gasteiger partial charge in [-0.3, -0.25) is 0 Å². The summed E-state index contributed by atoms with van der Waals surface area (Å²) in [6.07, 6.45) is 4.51. The quantitative estimate of drug-likeness (QED) is 0.427. The molecule has 0 aliphatic heterocycles. The molecule has 0 amide bonds. The van der Waals surface area contributed by atoms with Gasteiger partial charge in [0.05, 0.1) is 23.9 Å². The van der Waals surface area contributed by atoms with Gasteiger partial charge in [-0.1, -0.05) is 0 Å². The first kappa shape index (κ1) is 19.9. The lowest BCUT2D eigenvalue weighted by Gasteiger charge is -2.14. The molecule has 0 saturated heterocycles. The molecular weight excluding hydrogens is 372 g/mol. The third-order valence-electron chi connectivity index (χ3n) is 3.79. The molecule has 0 atom stereocenters. The average Bonchev–Trinajstić information content (AvgIpc) is 3.32. The Balaban J connectivity index is 1.63. The summed E-state index contributed by atoms with van der Waals surface area (Å²) in [7, 11) is 0. The number of anilines is 1. The van der Waals surface area contributed by atoms with Crippen molar-refractivity contribution in [3.05, 3.63) is 64.5 Å². The molecule has 6 nitrogen and oxygen atoms in total. The van der Waals surface area contributed by atoms with Crippen LogP contribution in [0.1, 0.15) is 29.5 Å². The molecule has 3 rings (SSSR count). The van der Waals surface area contributed by atoms with Crippen molar-refractivity contribution in [2.24, 2.45) is 4.99 Å². The Bertz CT molecular complexity index is 870. The van der Waals surface area contributed by atoms with Crippen LogP contribution in [0.25, 0.3) is 0 Å². The number of aryl methyl sites for hydroxylation is 1. The fourth-order valence-corrected chi connectivity index (χ4v) is 3.28. The van der Waals surface area contributed by atoms with Gasteiger partial charge in [-0.15, -0.1) is 11.3 Å². The van der Waals surface area contributed by atoms with Gasteiger partial charge < -0.3 is 19.8 Å². The molecule has 0 saturated carbocycles. The van der Waals surface area contributed by atoms with Crippen LogP contribution in [-0.4, -0.2) is 23.6 Å². The molecular formula is C21H26N4O2S. The zero-order valence-corrected chi connectivity index (χ0v) is 17.3. The number of aromatic nitrogens is 1. The Morgan fingerprint density at radius 3 is 2.71 bits per heavy atom. The van der Waals surface area contributed by atoms with E-state index in [1.807, 2.05) is 63.4 Å². The van der Waals surface area contributed by atoms with Crippen molar-refractivity contribution in [3.8, 4) is 5.75 Å². The Morgan fingerprint density at radius 2 is 2.07 bits per heavy atom. The third-order valence-corrected chi connectivity index (χ3v) is 4.69. The number of ether oxygens (including phenoxy) is 1. The molecule has 28 heavy (non-hydrogen) atoms. The maximum Gasteiger partial charge on any atom is 0.196 e. The van der Waals surface area contributed by atoms with E-state index in [0.717, 1.165) is 46.0 Å². The highest BCUT2D eigenvalue weighted by Gasteiger charge is 2.04. The zero-order chi connectivity index (χ0) is 19.8. The first-order chi connectivity index (χ1) is 13.6. The van der Waals surface area contributed by atoms with Crippen molar-refractivity contribution in [3.63, 3.8) is 0 Å². The second-order valence-electron chi connectivity index (χ2n) is 6.58. The van der Waals surface area contributed by atoms with Crippen molar-refractivity contribution in [1.82, 2.24) is 10.3 Å². The van der Waals surface area contributed by atoms with Gasteiger partial charge in [-0.2, -0.15) is 0 Å². The lowest BCUT2D eigenvalue weighted by molar-refractivity contribution is 0.242. The first-order valence-electron chi connectivity index (χ1n) is 9.34. The summed E-state index contributed by atoms with van der Waals surface area (Å²) in [5, 5.41) is 7.76. The second-order valence-corrected chi connectivity index (χ2v) is 7.90. The van der Waals surface area contributed by atoms with Crippen LogP contribution in [0.2, 0.25) is 0 Å². The maximum absolute atomic E-state index is 5.70. The predicted molar refractivity (Wildman–Crippen MR) is 114 cm³/mol. The number of guanidine groups is 1. The monoisotopic (exact) mass is 398 g/mol. The number of hydrogen-bond donors (Lipinski definition) is 2. The number of aliphatic imine (C=N–C) groups is 1. The summed E-state index contributed by atoms with van der Waals surface area (Å²) < 4.78 is 11.1. The molecule has 0 aliphatic carbocycles. The van der Waals surface area contributed by atoms with Crippen LogP contribution < -0.4 is 15.4 Å². The Kier molecular flexibility index (Phi) is 7.08. The normalized spacial score (nSPS) is 11.6. The molecule has 0 radical (unpaired) electrons. The van der Waals surface area contributed by atoms with Gasteiger partial charge in [0.2, 0.25) is 0 Å². The Morgan fingerprint density at radius 1 is 1.25 bits per heavy atom. The summed E-state index contributed by atoms with van der Waals surface area (Å²) >= 11 is 1.66. The van der Waals surface area contributed by atoms with E-state index in [1.54, 1.807) is 17.6 Å². The molecule has 0 spiro atoms. The zero-order valence-electron chi connectivity index (χ0n) is 16.4. The lowest BCUT2D eigenvalue weighted by Crippen LogP contribution is -2.32. The Hall–Kier alpha value is -2.80. The molecule has 2 heterocycles. The van der Waals surface area contributed by atoms with Crippen LogP contribution in [0, 0.1) is 6.92 Å². The van der Waals surface area contributed by atoms with E-state index in [4.69, 9.17) is 14.1 Å². The van der Waals surface area contributed by atoms with E-state index in [1.165, 1.54) is 0 Å². The van der Waals surface area contributed by atoms with Gasteiger partial charge in [0.25, 0.3) is 0 Å². The number of thiazole rings is 1. The van der Waals surface area contributed by atoms with Crippen LogP contribution in [0.4, 0.5) is 5.69 Å². The van der Waals surface area contributed by atoms with Crippen LogP contribution in [0.5, 0.6) is 5.75 Å². The number of hydrogen-bond acceptors (Lipinski definition) is 5. The van der Waals surface area contributed by atoms with Crippen molar-refractivity contribution in [2.75, 3.05) is 11.9 Å². The van der Waals surface area contributed by atoms with E-state index < -0.39 is 0 Å². The van der Waals surface area contributed by atoms with Crippen LogP contribution in [-0.2, 0) is 13.0 Å². The summed E-state index contributed by atoms with van der Waals surface area (Å²) in [5.74, 6) is 2.51. The van der Waals surface area contributed by atoms with Gasteiger partial charge in [0.1, 0.15) is 11.5 Å². The minimum Gasteiger partial charge on any atom is -0.491 e. The summed E-state index contributed by atoms with van der Waals surface area (Å²) in [6.45, 7) is 7.33. The molecule has 3 aromatic rings. The molecule has 2 aromatic heterocycles.